The van der Waals surface area contributed by atoms with E-state index < -0.39 is 12.4 Å². The van der Waals surface area contributed by atoms with Gasteiger partial charge in [-0.15, -0.1) is 0 Å². The summed E-state index contributed by atoms with van der Waals surface area (Å²) in [6, 6.07) is 4.19. The molecule has 1 aromatic carbocycles. The molecule has 1 aliphatic heterocycles. The number of hydrogen-bond acceptors (Lipinski definition) is 4. The minimum atomic E-state index is -1.51. The van der Waals surface area contributed by atoms with Crippen molar-refractivity contribution < 1.29 is 15.1 Å². The Bertz CT molecular complexity index is 471. The molecule has 0 aromatic heterocycles. The molecule has 18 heavy (non-hydrogen) atoms. The van der Waals surface area contributed by atoms with E-state index in [0.717, 1.165) is 22.4 Å². The second-order valence-corrected chi connectivity index (χ2v) is 5.02. The van der Waals surface area contributed by atoms with Crippen LogP contribution in [0.4, 0.5) is 0 Å². The Morgan fingerprint density at radius 3 is 2.17 bits per heavy atom. The van der Waals surface area contributed by atoms with Crippen LogP contribution < -0.4 is 0 Å². The molecular weight excluding hydrogens is 230 g/mol. The van der Waals surface area contributed by atoms with Gasteiger partial charge in [0.25, 0.3) is 0 Å². The Balaban J connectivity index is 2.40. The van der Waals surface area contributed by atoms with Crippen LogP contribution in [0.25, 0.3) is 0 Å². The number of aryl methyl sites for hydroxylation is 3. The van der Waals surface area contributed by atoms with Crippen molar-refractivity contribution >= 4 is 5.71 Å². The summed E-state index contributed by atoms with van der Waals surface area (Å²) in [5.41, 5.74) is 5.32. The Hall–Kier alpha value is -1.39. The highest BCUT2D eigenvalue weighted by molar-refractivity contribution is 6.05. The molecule has 0 unspecified atom stereocenters. The molecule has 0 amide bonds. The molecule has 0 saturated carbocycles. The highest BCUT2D eigenvalue weighted by Crippen LogP contribution is 2.28. The summed E-state index contributed by atoms with van der Waals surface area (Å²) in [6.07, 6.45) is -2.19. The molecule has 2 atom stereocenters. The Morgan fingerprint density at radius 2 is 1.72 bits per heavy atom. The van der Waals surface area contributed by atoms with Gasteiger partial charge in [0, 0.05) is 11.5 Å². The second-order valence-electron chi connectivity index (χ2n) is 5.02. The van der Waals surface area contributed by atoms with Crippen LogP contribution in [0.5, 0.6) is 0 Å². The van der Waals surface area contributed by atoms with Crippen LogP contribution in [0.3, 0.4) is 0 Å². The summed E-state index contributed by atoms with van der Waals surface area (Å²) < 4.78 is 0. The lowest BCUT2D eigenvalue weighted by atomic mass is 9.88. The van der Waals surface area contributed by atoms with Crippen molar-refractivity contribution in [3.63, 3.8) is 0 Å². The third-order valence-electron chi connectivity index (χ3n) is 3.42. The van der Waals surface area contributed by atoms with E-state index in [4.69, 9.17) is 4.84 Å². The van der Waals surface area contributed by atoms with Crippen molar-refractivity contribution in [2.24, 2.45) is 11.1 Å². The summed E-state index contributed by atoms with van der Waals surface area (Å²) in [6.45, 7) is 8.02. The maximum absolute atomic E-state index is 9.23. The molecule has 1 aliphatic rings. The zero-order valence-corrected chi connectivity index (χ0v) is 11.1. The highest BCUT2D eigenvalue weighted by atomic mass is 16.7. The van der Waals surface area contributed by atoms with Gasteiger partial charge in [0.05, 0.1) is 5.71 Å². The van der Waals surface area contributed by atoms with Crippen LogP contribution in [-0.4, -0.2) is 28.3 Å². The number of aliphatic hydroxyl groups is 2. The molecule has 0 fully saturated rings. The number of oxime groups is 1. The van der Waals surface area contributed by atoms with Crippen LogP contribution in [0.2, 0.25) is 0 Å². The van der Waals surface area contributed by atoms with E-state index in [1.165, 1.54) is 5.56 Å². The van der Waals surface area contributed by atoms with Crippen LogP contribution in [0, 0.1) is 26.7 Å². The summed E-state index contributed by atoms with van der Waals surface area (Å²) in [4.78, 5) is 5.12. The van der Waals surface area contributed by atoms with Crippen molar-refractivity contribution in [3.05, 3.63) is 34.4 Å². The Kier molecular flexibility index (Phi) is 3.41. The van der Waals surface area contributed by atoms with Crippen molar-refractivity contribution in [2.75, 3.05) is 0 Å². The molecule has 4 heteroatoms. The van der Waals surface area contributed by atoms with Crippen molar-refractivity contribution in [2.45, 2.75) is 40.1 Å². The fraction of sp³-hybridized carbons (Fsp3) is 0.500. The first-order chi connectivity index (χ1) is 8.41. The summed E-state index contributed by atoms with van der Waals surface area (Å²) in [7, 11) is 0. The quantitative estimate of drug-likeness (QED) is 0.784. The maximum Gasteiger partial charge on any atom is 0.193 e. The minimum Gasteiger partial charge on any atom is -0.386 e. The third-order valence-corrected chi connectivity index (χ3v) is 3.42. The molecule has 0 bridgehead atoms. The van der Waals surface area contributed by atoms with E-state index in [1.807, 2.05) is 20.8 Å². The van der Waals surface area contributed by atoms with Crippen LogP contribution in [0.1, 0.15) is 29.2 Å². The van der Waals surface area contributed by atoms with Gasteiger partial charge in [-0.3, -0.25) is 0 Å². The summed E-state index contributed by atoms with van der Waals surface area (Å²) >= 11 is 0. The molecular formula is C14H19NO3. The van der Waals surface area contributed by atoms with E-state index in [0.29, 0.717) is 0 Å². The van der Waals surface area contributed by atoms with Crippen LogP contribution >= 0.6 is 0 Å². The van der Waals surface area contributed by atoms with Crippen molar-refractivity contribution in [1.82, 2.24) is 0 Å². The number of rotatable bonds is 2. The van der Waals surface area contributed by atoms with E-state index in [-0.39, 0.29) is 5.92 Å². The highest BCUT2D eigenvalue weighted by Gasteiger charge is 2.36. The van der Waals surface area contributed by atoms with Gasteiger partial charge in [-0.2, -0.15) is 0 Å². The molecule has 98 valence electrons. The van der Waals surface area contributed by atoms with E-state index in [2.05, 4.69) is 24.2 Å². The van der Waals surface area contributed by atoms with Gasteiger partial charge in [0.15, 0.2) is 12.4 Å². The minimum absolute atomic E-state index is 0.134. The topological polar surface area (TPSA) is 62.0 Å². The first-order valence-corrected chi connectivity index (χ1v) is 6.10. The van der Waals surface area contributed by atoms with Gasteiger partial charge in [-0.25, -0.2) is 0 Å². The average molecular weight is 249 g/mol. The fourth-order valence-corrected chi connectivity index (χ4v) is 2.62. The van der Waals surface area contributed by atoms with Gasteiger partial charge in [-0.1, -0.05) is 29.8 Å². The zero-order chi connectivity index (χ0) is 13.4. The molecule has 1 aromatic rings. The Morgan fingerprint density at radius 1 is 1.17 bits per heavy atom. The van der Waals surface area contributed by atoms with Gasteiger partial charge in [0.2, 0.25) is 0 Å². The maximum atomic E-state index is 9.23. The lowest BCUT2D eigenvalue weighted by Crippen LogP contribution is -2.33. The molecule has 0 spiro atoms. The van der Waals surface area contributed by atoms with Crippen molar-refractivity contribution in [1.29, 1.82) is 0 Å². The third kappa shape index (κ3) is 2.13. The SMILES string of the molecule is Cc1cc(C)c(C2=NO[C@@H](C(O)O)[C@@H]2C)c(C)c1. The molecule has 0 saturated heterocycles. The first kappa shape index (κ1) is 13.1. The normalized spacial score (nSPS) is 23.2. The molecule has 0 aliphatic carbocycles. The van der Waals surface area contributed by atoms with E-state index in [9.17, 15) is 10.2 Å². The fourth-order valence-electron chi connectivity index (χ4n) is 2.62. The molecule has 1 heterocycles. The largest absolute Gasteiger partial charge is 0.386 e. The summed E-state index contributed by atoms with van der Waals surface area (Å²) in [5, 5.41) is 22.5. The molecule has 4 nitrogen and oxygen atoms in total. The predicted octanol–water partition coefficient (Wildman–Crippen LogP) is 1.66. The van der Waals surface area contributed by atoms with Crippen LogP contribution in [0.15, 0.2) is 17.3 Å². The number of nitrogens with zero attached hydrogens (tertiary/aromatic N) is 1. The lowest BCUT2D eigenvalue weighted by Gasteiger charge is -2.18. The molecule has 2 rings (SSSR count). The lowest BCUT2D eigenvalue weighted by molar-refractivity contribution is -0.144. The monoisotopic (exact) mass is 249 g/mol. The number of aliphatic hydroxyl groups excluding tert-OH is 1. The van der Waals surface area contributed by atoms with E-state index in [1.54, 1.807) is 0 Å². The van der Waals surface area contributed by atoms with E-state index >= 15 is 0 Å². The standard InChI is InChI=1S/C14H19NO3/c1-7-5-8(2)11(9(3)6-7)12-10(4)13(14(16)17)18-15-12/h5-6,10,13-14,16-17H,1-4H3/t10-,13-/m1/s1. The van der Waals surface area contributed by atoms with Crippen LogP contribution in [-0.2, 0) is 4.84 Å². The van der Waals surface area contributed by atoms with Gasteiger partial charge in [-0.05, 0) is 31.9 Å². The smallest absolute Gasteiger partial charge is 0.193 e. The number of hydrogen-bond donors (Lipinski definition) is 2. The number of benzene rings is 1. The second kappa shape index (κ2) is 4.71. The molecule has 0 radical (unpaired) electrons. The average Bonchev–Trinajstić information content (AvgIpc) is 2.59. The van der Waals surface area contributed by atoms with Crippen molar-refractivity contribution in [3.8, 4) is 0 Å². The van der Waals surface area contributed by atoms with Gasteiger partial charge < -0.3 is 15.1 Å². The zero-order valence-electron chi connectivity index (χ0n) is 11.1. The van der Waals surface area contributed by atoms with Gasteiger partial charge in [0.1, 0.15) is 0 Å². The molecule has 2 N–H and O–H groups in total. The first-order valence-electron chi connectivity index (χ1n) is 6.10. The summed E-state index contributed by atoms with van der Waals surface area (Å²) in [5.74, 6) is -0.134. The Labute approximate surface area is 107 Å². The predicted molar refractivity (Wildman–Crippen MR) is 69.5 cm³/mol. The van der Waals surface area contributed by atoms with Gasteiger partial charge >= 0.3 is 0 Å².